The number of halogens is 5. The molecule has 0 aliphatic heterocycles. The number of aromatic amines is 1. The van der Waals surface area contributed by atoms with Crippen molar-refractivity contribution in [1.82, 2.24) is 4.98 Å². The Hall–Kier alpha value is -1.44. The topological polar surface area (TPSA) is 58.9 Å². The number of hydrogen-bond donors (Lipinski definition) is 2. The molecule has 0 aliphatic carbocycles. The molecule has 1 aromatic heterocycles. The van der Waals surface area contributed by atoms with E-state index in [2.05, 4.69) is 0 Å². The molecule has 0 saturated carbocycles. The molecule has 16 heavy (non-hydrogen) atoms. The SMILES string of the molecule is NCc1[nH]c(=O)c(C(F)F)cc1C(F)(F)F. The number of alkyl halides is 5. The Bertz CT molecular complexity index is 437. The maximum absolute atomic E-state index is 12.4. The van der Waals surface area contributed by atoms with Crippen LogP contribution in [0.4, 0.5) is 22.0 Å². The second kappa shape index (κ2) is 4.20. The van der Waals surface area contributed by atoms with Crippen LogP contribution in [0.3, 0.4) is 0 Å². The fraction of sp³-hybridized carbons (Fsp3) is 0.375. The predicted octanol–water partition coefficient (Wildman–Crippen LogP) is 1.79. The lowest BCUT2D eigenvalue weighted by Crippen LogP contribution is -2.22. The van der Waals surface area contributed by atoms with Crippen molar-refractivity contribution in [3.05, 3.63) is 33.2 Å². The maximum atomic E-state index is 12.4. The van der Waals surface area contributed by atoms with Gasteiger partial charge in [0.1, 0.15) is 0 Å². The minimum atomic E-state index is -4.83. The summed E-state index contributed by atoms with van der Waals surface area (Å²) < 4.78 is 61.6. The number of pyridine rings is 1. The molecule has 90 valence electrons. The van der Waals surface area contributed by atoms with Crippen LogP contribution in [0.1, 0.15) is 23.2 Å². The molecule has 0 radical (unpaired) electrons. The minimum absolute atomic E-state index is 0.131. The lowest BCUT2D eigenvalue weighted by atomic mass is 10.1. The minimum Gasteiger partial charge on any atom is -0.325 e. The van der Waals surface area contributed by atoms with Crippen molar-refractivity contribution in [1.29, 1.82) is 0 Å². The molecular weight excluding hydrogens is 235 g/mol. The molecule has 1 heterocycles. The maximum Gasteiger partial charge on any atom is 0.418 e. The Kier molecular flexibility index (Phi) is 3.32. The van der Waals surface area contributed by atoms with E-state index in [-0.39, 0.29) is 6.07 Å². The first kappa shape index (κ1) is 12.6. The quantitative estimate of drug-likeness (QED) is 0.777. The first-order valence-corrected chi connectivity index (χ1v) is 4.09. The molecule has 0 fully saturated rings. The van der Waals surface area contributed by atoms with Crippen LogP contribution >= 0.6 is 0 Å². The number of aromatic nitrogens is 1. The fourth-order valence-electron chi connectivity index (χ4n) is 1.16. The van der Waals surface area contributed by atoms with E-state index in [4.69, 9.17) is 5.73 Å². The van der Waals surface area contributed by atoms with Crippen LogP contribution in [-0.2, 0) is 12.7 Å². The molecule has 1 rings (SSSR count). The molecule has 0 saturated heterocycles. The Morgan fingerprint density at radius 1 is 1.38 bits per heavy atom. The van der Waals surface area contributed by atoms with Crippen molar-refractivity contribution in [3.8, 4) is 0 Å². The summed E-state index contributed by atoms with van der Waals surface area (Å²) in [5.41, 5.74) is 0.554. The standard InChI is InChI=1S/C8H7F5N2O/c9-6(10)3-1-4(8(11,12)13)5(2-14)15-7(3)16/h1,6H,2,14H2,(H,15,16). The summed E-state index contributed by atoms with van der Waals surface area (Å²) in [5.74, 6) is 0. The summed E-state index contributed by atoms with van der Waals surface area (Å²) in [6.45, 7) is -0.590. The zero-order valence-corrected chi connectivity index (χ0v) is 7.74. The van der Waals surface area contributed by atoms with Gasteiger partial charge in [-0.2, -0.15) is 13.2 Å². The summed E-state index contributed by atoms with van der Waals surface area (Å²) in [6.07, 6.45) is -8.10. The number of nitrogens with two attached hydrogens (primary N) is 1. The van der Waals surface area contributed by atoms with Crippen LogP contribution in [0.2, 0.25) is 0 Å². The van der Waals surface area contributed by atoms with Crippen molar-refractivity contribution in [3.63, 3.8) is 0 Å². The summed E-state index contributed by atoms with van der Waals surface area (Å²) >= 11 is 0. The van der Waals surface area contributed by atoms with E-state index in [0.717, 1.165) is 0 Å². The fourth-order valence-corrected chi connectivity index (χ4v) is 1.16. The number of rotatable bonds is 2. The Balaban J connectivity index is 3.47. The molecule has 0 aliphatic rings. The van der Waals surface area contributed by atoms with Gasteiger partial charge < -0.3 is 10.7 Å². The third kappa shape index (κ3) is 2.38. The molecular formula is C8H7F5N2O. The smallest absolute Gasteiger partial charge is 0.325 e. The van der Waals surface area contributed by atoms with Gasteiger partial charge in [-0.15, -0.1) is 0 Å². The molecule has 0 aromatic carbocycles. The second-order valence-electron chi connectivity index (χ2n) is 2.95. The number of H-pyrrole nitrogens is 1. The van der Waals surface area contributed by atoms with Gasteiger partial charge >= 0.3 is 6.18 Å². The van der Waals surface area contributed by atoms with Crippen LogP contribution in [0.25, 0.3) is 0 Å². The van der Waals surface area contributed by atoms with E-state index in [0.29, 0.717) is 0 Å². The van der Waals surface area contributed by atoms with Gasteiger partial charge in [-0.3, -0.25) is 4.79 Å². The van der Waals surface area contributed by atoms with Crippen LogP contribution < -0.4 is 11.3 Å². The van der Waals surface area contributed by atoms with Gasteiger partial charge in [-0.25, -0.2) is 8.78 Å². The summed E-state index contributed by atoms with van der Waals surface area (Å²) in [4.78, 5) is 12.7. The zero-order chi connectivity index (χ0) is 12.5. The van der Waals surface area contributed by atoms with Gasteiger partial charge in [-0.1, -0.05) is 0 Å². The Morgan fingerprint density at radius 2 is 1.94 bits per heavy atom. The Labute approximate surface area is 86.1 Å². The molecule has 3 nitrogen and oxygen atoms in total. The predicted molar refractivity (Wildman–Crippen MR) is 44.9 cm³/mol. The monoisotopic (exact) mass is 242 g/mol. The molecule has 0 unspecified atom stereocenters. The van der Waals surface area contributed by atoms with Gasteiger partial charge in [0.05, 0.1) is 11.1 Å². The number of hydrogen-bond acceptors (Lipinski definition) is 2. The third-order valence-corrected chi connectivity index (χ3v) is 1.90. The van der Waals surface area contributed by atoms with Gasteiger partial charge in [0.2, 0.25) is 0 Å². The van der Waals surface area contributed by atoms with Gasteiger partial charge in [0.15, 0.2) is 0 Å². The van der Waals surface area contributed by atoms with Crippen molar-refractivity contribution in [2.24, 2.45) is 5.73 Å². The lowest BCUT2D eigenvalue weighted by molar-refractivity contribution is -0.138. The van der Waals surface area contributed by atoms with E-state index in [1.807, 2.05) is 0 Å². The highest BCUT2D eigenvalue weighted by Gasteiger charge is 2.35. The summed E-state index contributed by atoms with van der Waals surface area (Å²) in [7, 11) is 0. The van der Waals surface area contributed by atoms with Crippen molar-refractivity contribution < 1.29 is 22.0 Å². The largest absolute Gasteiger partial charge is 0.418 e. The number of nitrogens with one attached hydrogen (secondary N) is 1. The third-order valence-electron chi connectivity index (χ3n) is 1.90. The molecule has 3 N–H and O–H groups in total. The summed E-state index contributed by atoms with van der Waals surface area (Å²) in [6, 6.07) is 0.131. The van der Waals surface area contributed by atoms with Crippen LogP contribution in [0.5, 0.6) is 0 Å². The average molecular weight is 242 g/mol. The second-order valence-corrected chi connectivity index (χ2v) is 2.95. The zero-order valence-electron chi connectivity index (χ0n) is 7.74. The van der Waals surface area contributed by atoms with E-state index < -0.39 is 41.5 Å². The van der Waals surface area contributed by atoms with Crippen molar-refractivity contribution >= 4 is 0 Å². The van der Waals surface area contributed by atoms with E-state index in [1.54, 1.807) is 4.98 Å². The van der Waals surface area contributed by atoms with E-state index in [9.17, 15) is 26.7 Å². The molecule has 8 heteroatoms. The van der Waals surface area contributed by atoms with E-state index in [1.165, 1.54) is 0 Å². The first-order valence-electron chi connectivity index (χ1n) is 4.09. The lowest BCUT2D eigenvalue weighted by Gasteiger charge is -2.12. The first-order chi connectivity index (χ1) is 7.27. The Morgan fingerprint density at radius 3 is 2.31 bits per heavy atom. The van der Waals surface area contributed by atoms with Gasteiger partial charge in [0.25, 0.3) is 12.0 Å². The highest BCUT2D eigenvalue weighted by atomic mass is 19.4. The van der Waals surface area contributed by atoms with Crippen LogP contribution in [-0.4, -0.2) is 4.98 Å². The van der Waals surface area contributed by atoms with Crippen molar-refractivity contribution in [2.45, 2.75) is 19.1 Å². The van der Waals surface area contributed by atoms with Gasteiger partial charge in [-0.05, 0) is 6.07 Å². The van der Waals surface area contributed by atoms with Crippen LogP contribution in [0, 0.1) is 0 Å². The summed E-state index contributed by atoms with van der Waals surface area (Å²) in [5, 5.41) is 0. The highest BCUT2D eigenvalue weighted by molar-refractivity contribution is 5.28. The highest BCUT2D eigenvalue weighted by Crippen LogP contribution is 2.32. The van der Waals surface area contributed by atoms with Crippen LogP contribution in [0.15, 0.2) is 10.9 Å². The van der Waals surface area contributed by atoms with E-state index >= 15 is 0 Å². The molecule has 0 bridgehead atoms. The normalized spacial score (nSPS) is 12.2. The molecule has 0 spiro atoms. The molecule has 0 atom stereocenters. The molecule has 1 aromatic rings. The van der Waals surface area contributed by atoms with Gasteiger partial charge in [0, 0.05) is 12.2 Å². The average Bonchev–Trinajstić information content (AvgIpc) is 2.14. The molecule has 0 amide bonds. The van der Waals surface area contributed by atoms with Crippen molar-refractivity contribution in [2.75, 3.05) is 0 Å².